The topological polar surface area (TPSA) is 134 Å². The van der Waals surface area contributed by atoms with Crippen LogP contribution in [0.1, 0.15) is 39.4 Å². The summed E-state index contributed by atoms with van der Waals surface area (Å²) in [6, 6.07) is 1.64. The smallest absolute Gasteiger partial charge is 0.407 e. The Labute approximate surface area is 171 Å². The van der Waals surface area contributed by atoms with Crippen molar-refractivity contribution >= 4 is 34.0 Å². The maximum absolute atomic E-state index is 12.9. The van der Waals surface area contributed by atoms with E-state index in [1.54, 1.807) is 26.8 Å². The number of alkyl carbamates (subject to hydrolysis) is 1. The van der Waals surface area contributed by atoms with E-state index >= 15 is 0 Å². The van der Waals surface area contributed by atoms with E-state index in [9.17, 15) is 14.4 Å². The van der Waals surface area contributed by atoms with E-state index < -0.39 is 23.2 Å². The molecule has 0 aromatic carbocycles. The standard InChI is InChI=1S/C17H25BrN4O6/c1-16(2,3)27-14(24)20-10-17(4-6-22(7-5-17)15(25)26)13(23)19-9-11-8-12(18)21-28-11/h8H,4-7,9-10H2,1-3H3,(H,19,23)(H,20,24)(H,25,26). The molecule has 3 N–H and O–H groups in total. The van der Waals surface area contributed by atoms with Gasteiger partial charge in [0.2, 0.25) is 5.91 Å². The molecule has 1 aromatic heterocycles. The number of rotatable bonds is 5. The first-order valence-electron chi connectivity index (χ1n) is 8.85. The zero-order chi connectivity index (χ0) is 20.9. The van der Waals surface area contributed by atoms with Gasteiger partial charge in [-0.15, -0.1) is 0 Å². The van der Waals surface area contributed by atoms with Crippen molar-refractivity contribution < 1.29 is 28.8 Å². The third kappa shape index (κ3) is 6.11. The van der Waals surface area contributed by atoms with Crippen LogP contribution in [-0.4, -0.2) is 58.5 Å². The van der Waals surface area contributed by atoms with Crippen molar-refractivity contribution in [3.8, 4) is 0 Å². The quantitative estimate of drug-likeness (QED) is 0.613. The zero-order valence-electron chi connectivity index (χ0n) is 16.1. The van der Waals surface area contributed by atoms with Crippen LogP contribution in [0.4, 0.5) is 9.59 Å². The Morgan fingerprint density at radius 1 is 1.32 bits per heavy atom. The summed E-state index contributed by atoms with van der Waals surface area (Å²) in [6.07, 6.45) is -1.10. The maximum atomic E-state index is 12.9. The van der Waals surface area contributed by atoms with Crippen LogP contribution in [0.2, 0.25) is 0 Å². The van der Waals surface area contributed by atoms with E-state index in [1.807, 2.05) is 0 Å². The minimum Gasteiger partial charge on any atom is -0.465 e. The molecule has 0 bridgehead atoms. The number of likely N-dealkylation sites (tertiary alicyclic amines) is 1. The highest BCUT2D eigenvalue weighted by molar-refractivity contribution is 9.10. The highest BCUT2D eigenvalue weighted by Gasteiger charge is 2.43. The number of nitrogens with one attached hydrogen (secondary N) is 2. The summed E-state index contributed by atoms with van der Waals surface area (Å²) < 4.78 is 10.8. The summed E-state index contributed by atoms with van der Waals surface area (Å²) in [4.78, 5) is 37.4. The number of hydrogen-bond acceptors (Lipinski definition) is 6. The summed E-state index contributed by atoms with van der Waals surface area (Å²) in [5.74, 6) is 0.180. The van der Waals surface area contributed by atoms with Crippen LogP contribution in [0.3, 0.4) is 0 Å². The molecule has 10 nitrogen and oxygen atoms in total. The molecule has 2 heterocycles. The molecule has 3 amide bonds. The molecule has 0 atom stereocenters. The van der Waals surface area contributed by atoms with Crippen LogP contribution < -0.4 is 10.6 Å². The lowest BCUT2D eigenvalue weighted by atomic mass is 9.77. The first-order chi connectivity index (χ1) is 13.0. The molecule has 11 heteroatoms. The number of carbonyl (C=O) groups is 3. The first kappa shape index (κ1) is 22.0. The van der Waals surface area contributed by atoms with Gasteiger partial charge in [-0.25, -0.2) is 9.59 Å². The number of ether oxygens (including phenoxy) is 1. The number of aromatic nitrogens is 1. The van der Waals surface area contributed by atoms with Gasteiger partial charge in [0, 0.05) is 25.7 Å². The zero-order valence-corrected chi connectivity index (χ0v) is 17.7. The van der Waals surface area contributed by atoms with E-state index in [4.69, 9.17) is 14.4 Å². The molecule has 1 aliphatic heterocycles. The minimum absolute atomic E-state index is 0.0430. The van der Waals surface area contributed by atoms with Crippen molar-refractivity contribution in [2.45, 2.75) is 45.8 Å². The fraction of sp³-hybridized carbons (Fsp3) is 0.647. The third-order valence-electron chi connectivity index (χ3n) is 4.40. The Kier molecular flexibility index (Phi) is 6.91. The van der Waals surface area contributed by atoms with Crippen molar-refractivity contribution in [2.24, 2.45) is 5.41 Å². The predicted octanol–water partition coefficient (Wildman–Crippen LogP) is 2.34. The van der Waals surface area contributed by atoms with Gasteiger partial charge in [-0.05, 0) is 49.5 Å². The summed E-state index contributed by atoms with van der Waals surface area (Å²) >= 11 is 3.17. The molecule has 2 rings (SSSR count). The van der Waals surface area contributed by atoms with E-state index in [-0.39, 0.29) is 44.9 Å². The summed E-state index contributed by atoms with van der Waals surface area (Å²) in [5.41, 5.74) is -1.61. The fourth-order valence-electron chi connectivity index (χ4n) is 2.89. The van der Waals surface area contributed by atoms with Crippen LogP contribution in [0.5, 0.6) is 0 Å². The lowest BCUT2D eigenvalue weighted by Crippen LogP contribution is -2.55. The molecule has 1 aromatic rings. The molecular weight excluding hydrogens is 436 g/mol. The van der Waals surface area contributed by atoms with E-state index in [0.717, 1.165) is 0 Å². The number of halogens is 1. The Bertz CT molecular complexity index is 721. The molecule has 1 saturated heterocycles. The maximum Gasteiger partial charge on any atom is 0.407 e. The number of hydrogen-bond donors (Lipinski definition) is 3. The van der Waals surface area contributed by atoms with Crippen molar-refractivity contribution in [2.75, 3.05) is 19.6 Å². The van der Waals surface area contributed by atoms with Crippen molar-refractivity contribution in [3.63, 3.8) is 0 Å². The molecule has 0 spiro atoms. The van der Waals surface area contributed by atoms with Crippen molar-refractivity contribution in [1.82, 2.24) is 20.7 Å². The van der Waals surface area contributed by atoms with Crippen LogP contribution in [-0.2, 0) is 16.1 Å². The molecule has 28 heavy (non-hydrogen) atoms. The largest absolute Gasteiger partial charge is 0.465 e. The molecular formula is C17H25BrN4O6. The average Bonchev–Trinajstić information content (AvgIpc) is 3.02. The SMILES string of the molecule is CC(C)(C)OC(=O)NCC1(C(=O)NCc2cc(Br)no2)CCN(C(=O)O)CC1. The summed E-state index contributed by atoms with van der Waals surface area (Å²) in [7, 11) is 0. The van der Waals surface area contributed by atoms with Gasteiger partial charge in [-0.2, -0.15) is 0 Å². The Balaban J connectivity index is 2.04. The summed E-state index contributed by atoms with van der Waals surface area (Å²) in [6.45, 7) is 5.82. The van der Waals surface area contributed by atoms with Gasteiger partial charge in [0.15, 0.2) is 5.76 Å². The van der Waals surface area contributed by atoms with Crippen LogP contribution in [0.15, 0.2) is 15.2 Å². The second-order valence-corrected chi connectivity index (χ2v) is 8.52. The molecule has 0 saturated carbocycles. The molecule has 156 valence electrons. The number of carbonyl (C=O) groups excluding carboxylic acids is 2. The van der Waals surface area contributed by atoms with Gasteiger partial charge >= 0.3 is 12.2 Å². The van der Waals surface area contributed by atoms with Gasteiger partial charge in [0.1, 0.15) is 10.2 Å². The Morgan fingerprint density at radius 2 is 1.96 bits per heavy atom. The number of carboxylic acid groups (broad SMARTS) is 1. The van der Waals surface area contributed by atoms with E-state index in [2.05, 4.69) is 31.7 Å². The number of amides is 3. The van der Waals surface area contributed by atoms with Gasteiger partial charge < -0.3 is 29.9 Å². The van der Waals surface area contributed by atoms with Crippen LogP contribution >= 0.6 is 15.9 Å². The molecule has 0 aliphatic carbocycles. The van der Waals surface area contributed by atoms with E-state index in [1.165, 1.54) is 4.90 Å². The van der Waals surface area contributed by atoms with Crippen LogP contribution in [0.25, 0.3) is 0 Å². The molecule has 1 fully saturated rings. The van der Waals surface area contributed by atoms with Gasteiger partial charge in [0.05, 0.1) is 12.0 Å². The highest BCUT2D eigenvalue weighted by atomic mass is 79.9. The summed E-state index contributed by atoms with van der Waals surface area (Å²) in [5, 5.41) is 18.3. The molecule has 1 aliphatic rings. The van der Waals surface area contributed by atoms with Crippen LogP contribution in [0, 0.1) is 5.41 Å². The number of piperidine rings is 1. The minimum atomic E-state index is -1.03. The highest BCUT2D eigenvalue weighted by Crippen LogP contribution is 2.32. The number of nitrogens with zero attached hydrogens (tertiary/aromatic N) is 2. The lowest BCUT2D eigenvalue weighted by Gasteiger charge is -2.39. The first-order valence-corrected chi connectivity index (χ1v) is 9.64. The van der Waals surface area contributed by atoms with E-state index in [0.29, 0.717) is 10.4 Å². The Morgan fingerprint density at radius 3 is 2.46 bits per heavy atom. The lowest BCUT2D eigenvalue weighted by molar-refractivity contribution is -0.133. The third-order valence-corrected chi connectivity index (χ3v) is 4.77. The Hall–Kier alpha value is -2.30. The second kappa shape index (κ2) is 8.80. The van der Waals surface area contributed by atoms with Gasteiger partial charge in [-0.3, -0.25) is 4.79 Å². The van der Waals surface area contributed by atoms with Gasteiger partial charge in [-0.1, -0.05) is 5.16 Å². The molecule has 0 unspecified atom stereocenters. The monoisotopic (exact) mass is 460 g/mol. The van der Waals surface area contributed by atoms with Gasteiger partial charge in [0.25, 0.3) is 0 Å². The molecule has 0 radical (unpaired) electrons. The van der Waals surface area contributed by atoms with Crippen molar-refractivity contribution in [1.29, 1.82) is 0 Å². The average molecular weight is 461 g/mol. The fourth-order valence-corrected chi connectivity index (χ4v) is 3.22. The second-order valence-electron chi connectivity index (χ2n) is 7.70. The normalized spacial score (nSPS) is 16.4. The van der Waals surface area contributed by atoms with Crippen molar-refractivity contribution in [3.05, 3.63) is 16.4 Å². The predicted molar refractivity (Wildman–Crippen MR) is 102 cm³/mol.